The molecule has 1 aromatic carbocycles. The van der Waals surface area contributed by atoms with Gasteiger partial charge >= 0.3 is 0 Å². The van der Waals surface area contributed by atoms with Gasteiger partial charge in [-0.2, -0.15) is 9.61 Å². The molecular formula is C18H20N4O3S. The van der Waals surface area contributed by atoms with Gasteiger partial charge in [0.2, 0.25) is 10.9 Å². The maximum absolute atomic E-state index is 12.1. The number of hydrogen-bond acceptors (Lipinski definition) is 6. The highest BCUT2D eigenvalue weighted by molar-refractivity contribution is 7.16. The van der Waals surface area contributed by atoms with Crippen molar-refractivity contribution < 1.29 is 9.53 Å². The zero-order valence-corrected chi connectivity index (χ0v) is 15.7. The molecule has 0 spiro atoms. The maximum atomic E-state index is 12.1. The SMILES string of the molecule is Cc1nn2c(=O)cc(COc3cccc(NC(=O)CC(C)C)c3)nc2s1. The summed E-state index contributed by atoms with van der Waals surface area (Å²) in [6.07, 6.45) is 0.466. The predicted octanol–water partition coefficient (Wildman–Crippen LogP) is 3.02. The molecule has 0 saturated heterocycles. The normalized spacial score (nSPS) is 11.1. The minimum Gasteiger partial charge on any atom is -0.487 e. The first-order valence-corrected chi connectivity index (χ1v) is 9.11. The smallest absolute Gasteiger partial charge is 0.275 e. The molecule has 0 unspecified atom stereocenters. The molecule has 0 fully saturated rings. The van der Waals surface area contributed by atoms with Gasteiger partial charge in [0.15, 0.2) is 0 Å². The van der Waals surface area contributed by atoms with E-state index < -0.39 is 0 Å². The molecule has 2 aromatic heterocycles. The molecule has 0 aliphatic rings. The minimum atomic E-state index is -0.229. The van der Waals surface area contributed by atoms with Crippen LogP contribution in [0.1, 0.15) is 31.0 Å². The van der Waals surface area contributed by atoms with Gasteiger partial charge < -0.3 is 10.1 Å². The Morgan fingerprint density at radius 1 is 1.35 bits per heavy atom. The van der Waals surface area contributed by atoms with Crippen LogP contribution in [0, 0.1) is 12.8 Å². The number of aryl methyl sites for hydroxylation is 1. The van der Waals surface area contributed by atoms with Crippen molar-refractivity contribution in [1.29, 1.82) is 0 Å². The van der Waals surface area contributed by atoms with Gasteiger partial charge in [0.05, 0.1) is 5.69 Å². The number of carbonyl (C=O) groups is 1. The van der Waals surface area contributed by atoms with Gasteiger partial charge in [-0.25, -0.2) is 4.98 Å². The van der Waals surface area contributed by atoms with Gasteiger partial charge in [-0.15, -0.1) is 0 Å². The van der Waals surface area contributed by atoms with E-state index in [0.29, 0.717) is 34.4 Å². The highest BCUT2D eigenvalue weighted by Crippen LogP contribution is 2.19. The van der Waals surface area contributed by atoms with Crippen LogP contribution in [0.5, 0.6) is 5.75 Å². The van der Waals surface area contributed by atoms with Crippen molar-refractivity contribution >= 4 is 27.9 Å². The summed E-state index contributed by atoms with van der Waals surface area (Å²) in [5, 5.41) is 7.74. The van der Waals surface area contributed by atoms with Crippen molar-refractivity contribution in [2.75, 3.05) is 5.32 Å². The fourth-order valence-electron chi connectivity index (χ4n) is 2.43. The number of nitrogens with one attached hydrogen (secondary N) is 1. The fourth-order valence-corrected chi connectivity index (χ4v) is 3.20. The third-order valence-corrected chi connectivity index (χ3v) is 4.32. The quantitative estimate of drug-likeness (QED) is 0.719. The van der Waals surface area contributed by atoms with Crippen molar-refractivity contribution in [2.24, 2.45) is 5.92 Å². The molecule has 2 heterocycles. The summed E-state index contributed by atoms with van der Waals surface area (Å²) in [7, 11) is 0. The Morgan fingerprint density at radius 2 is 2.15 bits per heavy atom. The molecule has 3 rings (SSSR count). The summed E-state index contributed by atoms with van der Waals surface area (Å²) in [5.41, 5.74) is 0.982. The molecule has 0 aliphatic carbocycles. The van der Waals surface area contributed by atoms with Crippen LogP contribution in [0.2, 0.25) is 0 Å². The highest BCUT2D eigenvalue weighted by Gasteiger charge is 2.09. The van der Waals surface area contributed by atoms with Gasteiger partial charge in [0.25, 0.3) is 5.56 Å². The zero-order chi connectivity index (χ0) is 18.7. The van der Waals surface area contributed by atoms with Crippen LogP contribution in [0.25, 0.3) is 4.96 Å². The molecule has 3 aromatic rings. The van der Waals surface area contributed by atoms with E-state index in [0.717, 1.165) is 5.01 Å². The third-order valence-electron chi connectivity index (χ3n) is 3.50. The van der Waals surface area contributed by atoms with Crippen LogP contribution in [0.15, 0.2) is 35.1 Å². The van der Waals surface area contributed by atoms with Crippen LogP contribution >= 0.6 is 11.3 Å². The van der Waals surface area contributed by atoms with Crippen LogP contribution in [-0.2, 0) is 11.4 Å². The Balaban J connectivity index is 1.69. The molecule has 8 heteroatoms. The van der Waals surface area contributed by atoms with E-state index in [1.54, 1.807) is 18.2 Å². The Kier molecular flexibility index (Phi) is 5.32. The number of ether oxygens (including phenoxy) is 1. The van der Waals surface area contributed by atoms with Crippen LogP contribution in [-0.4, -0.2) is 20.5 Å². The van der Waals surface area contributed by atoms with E-state index in [1.165, 1.54) is 21.9 Å². The van der Waals surface area contributed by atoms with E-state index in [2.05, 4.69) is 15.4 Å². The first kappa shape index (κ1) is 18.1. The number of amides is 1. The predicted molar refractivity (Wildman–Crippen MR) is 101 cm³/mol. The van der Waals surface area contributed by atoms with Crippen molar-refractivity contribution in [1.82, 2.24) is 14.6 Å². The molecule has 0 saturated carbocycles. The van der Waals surface area contributed by atoms with Gasteiger partial charge in [-0.1, -0.05) is 31.3 Å². The van der Waals surface area contributed by atoms with E-state index in [9.17, 15) is 9.59 Å². The first-order chi connectivity index (χ1) is 12.4. The van der Waals surface area contributed by atoms with E-state index in [1.807, 2.05) is 26.8 Å². The lowest BCUT2D eigenvalue weighted by Gasteiger charge is -2.10. The average Bonchev–Trinajstić information content (AvgIpc) is 2.93. The number of hydrogen-bond donors (Lipinski definition) is 1. The summed E-state index contributed by atoms with van der Waals surface area (Å²) in [4.78, 5) is 28.9. The third kappa shape index (κ3) is 4.45. The first-order valence-electron chi connectivity index (χ1n) is 8.30. The summed E-state index contributed by atoms with van der Waals surface area (Å²) >= 11 is 1.35. The maximum Gasteiger partial charge on any atom is 0.275 e. The van der Waals surface area contributed by atoms with Gasteiger partial charge in [-0.3, -0.25) is 9.59 Å². The number of rotatable bonds is 6. The summed E-state index contributed by atoms with van der Waals surface area (Å²) in [5.74, 6) is 0.859. The van der Waals surface area contributed by atoms with E-state index in [4.69, 9.17) is 4.74 Å². The number of aromatic nitrogens is 3. The molecule has 0 radical (unpaired) electrons. The Morgan fingerprint density at radius 3 is 2.92 bits per heavy atom. The molecule has 0 atom stereocenters. The lowest BCUT2D eigenvalue weighted by atomic mass is 10.1. The Hall–Kier alpha value is -2.74. The molecule has 136 valence electrons. The van der Waals surface area contributed by atoms with Crippen LogP contribution in [0.3, 0.4) is 0 Å². The largest absolute Gasteiger partial charge is 0.487 e. The summed E-state index contributed by atoms with van der Waals surface area (Å²) < 4.78 is 7.01. The van der Waals surface area contributed by atoms with Crippen LogP contribution < -0.4 is 15.6 Å². The van der Waals surface area contributed by atoms with E-state index >= 15 is 0 Å². The molecule has 1 amide bonds. The van der Waals surface area contributed by atoms with Crippen molar-refractivity contribution in [2.45, 2.75) is 33.8 Å². The highest BCUT2D eigenvalue weighted by atomic mass is 32.1. The number of benzene rings is 1. The standard InChI is InChI=1S/C18H20N4O3S/c1-11(2)7-16(23)19-13-5-4-6-15(8-13)25-10-14-9-17(24)22-18(20-14)26-12(3)21-22/h4-6,8-9,11H,7,10H2,1-3H3,(H,19,23). The summed E-state index contributed by atoms with van der Waals surface area (Å²) in [6, 6.07) is 8.57. The van der Waals surface area contributed by atoms with E-state index in [-0.39, 0.29) is 18.1 Å². The topological polar surface area (TPSA) is 85.6 Å². The minimum absolute atomic E-state index is 0.0298. The van der Waals surface area contributed by atoms with Gasteiger partial charge in [0, 0.05) is 24.2 Å². The van der Waals surface area contributed by atoms with Crippen molar-refractivity contribution in [3.63, 3.8) is 0 Å². The van der Waals surface area contributed by atoms with Crippen LogP contribution in [0.4, 0.5) is 5.69 Å². The molecule has 26 heavy (non-hydrogen) atoms. The summed E-state index contributed by atoms with van der Waals surface area (Å²) in [6.45, 7) is 5.98. The lowest BCUT2D eigenvalue weighted by Crippen LogP contribution is -2.16. The van der Waals surface area contributed by atoms with Gasteiger partial charge in [-0.05, 0) is 25.0 Å². The number of anilines is 1. The second-order valence-electron chi connectivity index (χ2n) is 6.36. The number of carbonyl (C=O) groups excluding carboxylic acids is 1. The molecular weight excluding hydrogens is 352 g/mol. The molecule has 0 aliphatic heterocycles. The number of nitrogens with zero attached hydrogens (tertiary/aromatic N) is 3. The second kappa shape index (κ2) is 7.65. The number of fused-ring (bicyclic) bond motifs is 1. The fraction of sp³-hybridized carbons (Fsp3) is 0.333. The second-order valence-corrected chi connectivity index (χ2v) is 7.52. The Labute approximate surface area is 154 Å². The molecule has 1 N–H and O–H groups in total. The monoisotopic (exact) mass is 372 g/mol. The van der Waals surface area contributed by atoms with Gasteiger partial charge in [0.1, 0.15) is 17.4 Å². The molecule has 7 nitrogen and oxygen atoms in total. The van der Waals surface area contributed by atoms with Crippen molar-refractivity contribution in [3.8, 4) is 5.75 Å². The molecule has 0 bridgehead atoms. The Bertz CT molecular complexity index is 994. The lowest BCUT2D eigenvalue weighted by molar-refractivity contribution is -0.116. The average molecular weight is 372 g/mol. The zero-order valence-electron chi connectivity index (χ0n) is 14.9. The van der Waals surface area contributed by atoms with Crippen molar-refractivity contribution in [3.05, 3.63) is 51.4 Å².